The predicted octanol–water partition coefficient (Wildman–Crippen LogP) is 5.22. The number of aromatic nitrogens is 1. The first-order valence-electron chi connectivity index (χ1n) is 10.3. The molecule has 2 aromatic rings. The monoisotopic (exact) mass is 475 g/mol. The van der Waals surface area contributed by atoms with E-state index in [-0.39, 0.29) is 23.6 Å². The first-order valence-corrected chi connectivity index (χ1v) is 10.3. The van der Waals surface area contributed by atoms with Crippen LogP contribution in [0.15, 0.2) is 29.1 Å². The lowest BCUT2D eigenvalue weighted by atomic mass is 9.76. The number of fused-ring (bicyclic) bond motifs is 1. The zero-order valence-electron chi connectivity index (χ0n) is 18.2. The standard InChI is InChI=1S/C22H22F5NO5/c1-5-30-15-7-6-13(17-19(15)33-22(26,27)32-17)16-11(3)20(4,21(23,24)25)31-18(16)14-9-12(29)8-10(2)28-14/h6-9,11,16,18H,5H2,1-4H3,(H,28,29)/t11-,16-,18-,20+/m1/s1. The second kappa shape index (κ2) is 7.61. The van der Waals surface area contributed by atoms with Crippen molar-refractivity contribution >= 4 is 0 Å². The van der Waals surface area contributed by atoms with Gasteiger partial charge in [-0.05, 0) is 26.8 Å². The van der Waals surface area contributed by atoms with E-state index in [4.69, 9.17) is 14.2 Å². The summed E-state index contributed by atoms with van der Waals surface area (Å²) in [5, 5.41) is 0. The smallest absolute Gasteiger partial charge is 0.490 e. The lowest BCUT2D eigenvalue weighted by molar-refractivity contribution is -0.287. The van der Waals surface area contributed by atoms with Gasteiger partial charge < -0.3 is 23.9 Å². The average Bonchev–Trinajstić information content (AvgIpc) is 3.16. The third-order valence-corrected chi connectivity index (χ3v) is 6.18. The van der Waals surface area contributed by atoms with Gasteiger partial charge in [0.15, 0.2) is 22.5 Å². The van der Waals surface area contributed by atoms with Crippen LogP contribution < -0.4 is 19.6 Å². The lowest BCUT2D eigenvalue weighted by Crippen LogP contribution is -2.46. The third-order valence-electron chi connectivity index (χ3n) is 6.18. The highest BCUT2D eigenvalue weighted by Crippen LogP contribution is 2.61. The van der Waals surface area contributed by atoms with Gasteiger partial charge in [0.05, 0.1) is 6.61 Å². The summed E-state index contributed by atoms with van der Waals surface area (Å²) in [6, 6.07) is 5.13. The van der Waals surface area contributed by atoms with E-state index in [0.29, 0.717) is 5.69 Å². The van der Waals surface area contributed by atoms with Crippen LogP contribution in [0.4, 0.5) is 22.0 Å². The zero-order valence-corrected chi connectivity index (χ0v) is 18.2. The molecular formula is C22H22F5NO5. The number of pyridine rings is 1. The molecule has 1 N–H and O–H groups in total. The summed E-state index contributed by atoms with van der Waals surface area (Å²) in [7, 11) is 0. The van der Waals surface area contributed by atoms with E-state index in [1.165, 1.54) is 25.1 Å². The van der Waals surface area contributed by atoms with Gasteiger partial charge in [-0.2, -0.15) is 13.2 Å². The van der Waals surface area contributed by atoms with Crippen molar-refractivity contribution in [1.82, 2.24) is 4.98 Å². The fraction of sp³-hybridized carbons (Fsp3) is 0.500. The van der Waals surface area contributed by atoms with Crippen molar-refractivity contribution in [3.8, 4) is 17.2 Å². The molecule has 6 nitrogen and oxygen atoms in total. The highest BCUT2D eigenvalue weighted by Gasteiger charge is 2.65. The summed E-state index contributed by atoms with van der Waals surface area (Å²) < 4.78 is 90.6. The van der Waals surface area contributed by atoms with Crippen molar-refractivity contribution in [1.29, 1.82) is 0 Å². The Balaban J connectivity index is 1.92. The van der Waals surface area contributed by atoms with Crippen LogP contribution in [-0.4, -0.2) is 29.7 Å². The van der Waals surface area contributed by atoms with Crippen LogP contribution in [0.3, 0.4) is 0 Å². The van der Waals surface area contributed by atoms with Gasteiger partial charge in [-0.1, -0.05) is 13.0 Å². The number of rotatable bonds is 4. The number of aromatic amines is 1. The van der Waals surface area contributed by atoms with Gasteiger partial charge in [-0.25, -0.2) is 0 Å². The van der Waals surface area contributed by atoms with Crippen molar-refractivity contribution in [2.45, 2.75) is 57.8 Å². The van der Waals surface area contributed by atoms with Gasteiger partial charge >= 0.3 is 12.5 Å². The maximum absolute atomic E-state index is 14.1. The minimum atomic E-state index is -4.78. The predicted molar refractivity (Wildman–Crippen MR) is 106 cm³/mol. The van der Waals surface area contributed by atoms with E-state index >= 15 is 0 Å². The Labute approximate surface area is 185 Å². The molecule has 0 radical (unpaired) electrons. The first-order chi connectivity index (χ1) is 15.3. The molecule has 1 aromatic carbocycles. The normalized spacial score (nSPS) is 28.2. The number of ether oxygens (including phenoxy) is 4. The molecular weight excluding hydrogens is 453 g/mol. The Morgan fingerprint density at radius 3 is 2.42 bits per heavy atom. The Bertz CT molecular complexity index is 1130. The van der Waals surface area contributed by atoms with E-state index in [1.807, 2.05) is 0 Å². The van der Waals surface area contributed by atoms with E-state index in [2.05, 4.69) is 9.72 Å². The molecule has 33 heavy (non-hydrogen) atoms. The van der Waals surface area contributed by atoms with Gasteiger partial charge in [-0.3, -0.25) is 4.79 Å². The number of H-pyrrole nitrogens is 1. The number of aryl methyl sites for hydroxylation is 1. The van der Waals surface area contributed by atoms with Gasteiger partial charge in [0, 0.05) is 40.9 Å². The summed E-state index contributed by atoms with van der Waals surface area (Å²) in [4.78, 5) is 15.0. The summed E-state index contributed by atoms with van der Waals surface area (Å²) in [6.07, 6.45) is -10.1. The van der Waals surface area contributed by atoms with Crippen LogP contribution >= 0.6 is 0 Å². The largest absolute Gasteiger partial charge is 0.586 e. The molecule has 0 unspecified atom stereocenters. The Hall–Kier alpha value is -2.82. The van der Waals surface area contributed by atoms with Gasteiger partial charge in [0.2, 0.25) is 5.75 Å². The van der Waals surface area contributed by atoms with Gasteiger partial charge in [0.1, 0.15) is 6.10 Å². The second-order valence-corrected chi connectivity index (χ2v) is 8.32. The fourth-order valence-electron chi connectivity index (χ4n) is 4.48. The number of alkyl halides is 5. The molecule has 2 aliphatic rings. The van der Waals surface area contributed by atoms with E-state index in [0.717, 1.165) is 13.0 Å². The van der Waals surface area contributed by atoms with Crippen molar-refractivity contribution < 1.29 is 40.9 Å². The fourth-order valence-corrected chi connectivity index (χ4v) is 4.48. The van der Waals surface area contributed by atoms with Crippen LogP contribution in [0.25, 0.3) is 0 Å². The van der Waals surface area contributed by atoms with E-state index in [1.54, 1.807) is 13.8 Å². The summed E-state index contributed by atoms with van der Waals surface area (Å²) in [5.74, 6) is -3.21. The molecule has 1 fully saturated rings. The Morgan fingerprint density at radius 2 is 1.82 bits per heavy atom. The average molecular weight is 475 g/mol. The lowest BCUT2D eigenvalue weighted by Gasteiger charge is -2.32. The molecule has 0 amide bonds. The second-order valence-electron chi connectivity index (χ2n) is 8.32. The van der Waals surface area contributed by atoms with Crippen LogP contribution in [0, 0.1) is 12.8 Å². The summed E-state index contributed by atoms with van der Waals surface area (Å²) >= 11 is 0. The molecule has 11 heteroatoms. The Morgan fingerprint density at radius 1 is 1.15 bits per heavy atom. The molecule has 0 aliphatic carbocycles. The third kappa shape index (κ3) is 3.81. The number of benzene rings is 1. The first kappa shape index (κ1) is 23.3. The minimum Gasteiger partial charge on any atom is -0.490 e. The van der Waals surface area contributed by atoms with Crippen molar-refractivity contribution in [3.05, 3.63) is 51.4 Å². The number of hydrogen-bond acceptors (Lipinski definition) is 5. The summed E-state index contributed by atoms with van der Waals surface area (Å²) in [6.45, 7) is 5.58. The molecule has 0 spiro atoms. The van der Waals surface area contributed by atoms with Crippen LogP contribution in [0.1, 0.15) is 49.7 Å². The highest BCUT2D eigenvalue weighted by atomic mass is 19.4. The number of hydrogen-bond donors (Lipinski definition) is 1. The molecule has 4 atom stereocenters. The minimum absolute atomic E-state index is 0.0264. The van der Waals surface area contributed by atoms with E-state index in [9.17, 15) is 26.7 Å². The SMILES string of the molecule is CCOc1ccc([C@@H]2[C@@H](c3cc(=O)cc(C)[nH]3)O[C@](C)(C(F)(F)F)[C@@H]2C)c2c1OC(F)(F)O2. The van der Waals surface area contributed by atoms with Crippen molar-refractivity contribution in [2.75, 3.05) is 6.61 Å². The molecule has 4 rings (SSSR count). The van der Waals surface area contributed by atoms with Crippen LogP contribution in [0.5, 0.6) is 17.2 Å². The molecule has 0 bridgehead atoms. The topological polar surface area (TPSA) is 69.8 Å². The number of halogens is 5. The maximum atomic E-state index is 14.1. The molecule has 3 heterocycles. The van der Waals surface area contributed by atoms with Gasteiger partial charge in [0.25, 0.3) is 0 Å². The van der Waals surface area contributed by atoms with Crippen LogP contribution in [-0.2, 0) is 4.74 Å². The molecule has 180 valence electrons. The highest BCUT2D eigenvalue weighted by molar-refractivity contribution is 5.59. The molecule has 2 aliphatic heterocycles. The van der Waals surface area contributed by atoms with E-state index < -0.39 is 52.9 Å². The van der Waals surface area contributed by atoms with Gasteiger partial charge in [-0.15, -0.1) is 8.78 Å². The van der Waals surface area contributed by atoms with Crippen molar-refractivity contribution in [2.24, 2.45) is 5.92 Å². The number of nitrogens with one attached hydrogen (secondary N) is 1. The zero-order chi connectivity index (χ0) is 24.3. The Kier molecular flexibility index (Phi) is 5.38. The molecule has 0 saturated carbocycles. The van der Waals surface area contributed by atoms with Crippen molar-refractivity contribution in [3.63, 3.8) is 0 Å². The molecule has 1 saturated heterocycles. The molecule has 1 aromatic heterocycles. The quantitative estimate of drug-likeness (QED) is 0.615. The summed E-state index contributed by atoms with van der Waals surface area (Å²) in [5.41, 5.74) is -2.52. The van der Waals surface area contributed by atoms with Crippen LogP contribution in [0.2, 0.25) is 0 Å². The maximum Gasteiger partial charge on any atom is 0.586 e.